The predicted octanol–water partition coefficient (Wildman–Crippen LogP) is 3.16. The van der Waals surface area contributed by atoms with E-state index in [-0.39, 0.29) is 11.8 Å². The van der Waals surface area contributed by atoms with E-state index < -0.39 is 0 Å². The van der Waals surface area contributed by atoms with Gasteiger partial charge in [0.15, 0.2) is 0 Å². The van der Waals surface area contributed by atoms with Crippen molar-refractivity contribution >= 4 is 16.8 Å². The van der Waals surface area contributed by atoms with Gasteiger partial charge in [-0.25, -0.2) is 0 Å². The van der Waals surface area contributed by atoms with E-state index in [1.165, 1.54) is 11.1 Å². The van der Waals surface area contributed by atoms with Crippen molar-refractivity contribution in [3.05, 3.63) is 77.0 Å². The maximum Gasteiger partial charge on any atom is 0.253 e. The number of rotatable bonds is 3. The number of benzene rings is 2. The molecule has 1 unspecified atom stereocenters. The quantitative estimate of drug-likeness (QED) is 0.775. The number of amides is 1. The lowest BCUT2D eigenvalue weighted by Gasteiger charge is -2.26. The first-order valence-electron chi connectivity index (χ1n) is 8.64. The molecule has 0 saturated carbocycles. The summed E-state index contributed by atoms with van der Waals surface area (Å²) >= 11 is 0. The number of nitrogens with zero attached hydrogens (tertiary/aromatic N) is 1. The van der Waals surface area contributed by atoms with E-state index >= 15 is 0 Å². The van der Waals surface area contributed by atoms with Gasteiger partial charge >= 0.3 is 0 Å². The van der Waals surface area contributed by atoms with E-state index in [9.17, 15) is 4.79 Å². The minimum atomic E-state index is -0.0598. The van der Waals surface area contributed by atoms with Gasteiger partial charge in [-0.05, 0) is 41.8 Å². The summed E-state index contributed by atoms with van der Waals surface area (Å²) < 4.78 is 0. The van der Waals surface area contributed by atoms with Gasteiger partial charge in [0.25, 0.3) is 5.91 Å². The summed E-state index contributed by atoms with van der Waals surface area (Å²) in [6.07, 6.45) is 1.73. The molecule has 2 aromatic carbocycles. The Kier molecular flexibility index (Phi) is 4.20. The van der Waals surface area contributed by atoms with Crippen molar-refractivity contribution in [2.75, 3.05) is 13.1 Å². The van der Waals surface area contributed by atoms with Gasteiger partial charge in [0.1, 0.15) is 0 Å². The Bertz CT molecular complexity index is 935. The second-order valence-corrected chi connectivity index (χ2v) is 6.62. The van der Waals surface area contributed by atoms with Crippen molar-refractivity contribution < 1.29 is 4.79 Å². The second kappa shape index (κ2) is 6.65. The van der Waals surface area contributed by atoms with Crippen LogP contribution in [-0.4, -0.2) is 24.0 Å². The number of carbonyl (C=O) groups excluding carboxylic acids is 1. The number of nitrogens with one attached hydrogen (secondary N) is 2. The maximum atomic E-state index is 12.8. The third-order valence-corrected chi connectivity index (χ3v) is 4.80. The molecule has 1 amide bonds. The Labute approximate surface area is 147 Å². The summed E-state index contributed by atoms with van der Waals surface area (Å²) in [6.45, 7) is 4.40. The molecule has 0 radical (unpaired) electrons. The normalized spacial score (nSPS) is 16.4. The van der Waals surface area contributed by atoms with Crippen LogP contribution in [0.2, 0.25) is 0 Å². The lowest BCUT2D eigenvalue weighted by atomic mass is 9.91. The monoisotopic (exact) mass is 331 g/mol. The number of pyridine rings is 1. The van der Waals surface area contributed by atoms with Crippen molar-refractivity contribution in [2.24, 2.45) is 0 Å². The first kappa shape index (κ1) is 15.8. The minimum Gasteiger partial charge on any atom is -0.351 e. The molecule has 4 heteroatoms. The average molecular weight is 331 g/mol. The van der Waals surface area contributed by atoms with Crippen LogP contribution in [-0.2, 0) is 6.54 Å². The molecule has 2 N–H and O–H groups in total. The van der Waals surface area contributed by atoms with Crippen LogP contribution in [0.1, 0.15) is 33.0 Å². The van der Waals surface area contributed by atoms with Gasteiger partial charge in [0.2, 0.25) is 0 Å². The lowest BCUT2D eigenvalue weighted by molar-refractivity contribution is 0.0952. The molecule has 1 aliphatic rings. The summed E-state index contributed by atoms with van der Waals surface area (Å²) in [5.74, 6) is 0.230. The van der Waals surface area contributed by atoms with Crippen molar-refractivity contribution in [1.82, 2.24) is 15.6 Å². The van der Waals surface area contributed by atoms with Gasteiger partial charge in [-0.2, -0.15) is 0 Å². The highest BCUT2D eigenvalue weighted by molar-refractivity contribution is 6.05. The first-order valence-corrected chi connectivity index (χ1v) is 8.64. The number of aromatic nitrogens is 1. The van der Waals surface area contributed by atoms with Crippen molar-refractivity contribution in [3.63, 3.8) is 0 Å². The van der Waals surface area contributed by atoms with Crippen LogP contribution < -0.4 is 10.6 Å². The standard InChI is InChI=1S/C21H21N3O/c1-14-9-15-6-4-8-23-20(15)19(10-14)21(25)24-13-17-12-22-11-16-5-2-3-7-18(16)17/h2-10,17,22H,11-13H2,1H3,(H,24,25). The largest absolute Gasteiger partial charge is 0.351 e. The van der Waals surface area contributed by atoms with Crippen LogP contribution in [0.15, 0.2) is 54.7 Å². The van der Waals surface area contributed by atoms with E-state index in [0.717, 1.165) is 29.6 Å². The summed E-state index contributed by atoms with van der Waals surface area (Å²) in [4.78, 5) is 17.2. The van der Waals surface area contributed by atoms with Crippen LogP contribution in [0, 0.1) is 6.92 Å². The molecule has 126 valence electrons. The molecule has 1 aliphatic heterocycles. The Morgan fingerprint density at radius 1 is 1.24 bits per heavy atom. The third kappa shape index (κ3) is 3.13. The smallest absolute Gasteiger partial charge is 0.253 e. The Morgan fingerprint density at radius 2 is 2.12 bits per heavy atom. The van der Waals surface area contributed by atoms with E-state index in [2.05, 4.69) is 45.9 Å². The van der Waals surface area contributed by atoms with Crippen molar-refractivity contribution in [3.8, 4) is 0 Å². The van der Waals surface area contributed by atoms with Crippen molar-refractivity contribution in [2.45, 2.75) is 19.4 Å². The molecule has 0 spiro atoms. The highest BCUT2D eigenvalue weighted by atomic mass is 16.1. The van der Waals surface area contributed by atoms with Crippen LogP contribution >= 0.6 is 0 Å². The molecule has 0 saturated heterocycles. The number of fused-ring (bicyclic) bond motifs is 2. The Balaban J connectivity index is 1.56. The van der Waals surface area contributed by atoms with E-state index in [1.807, 2.05) is 25.1 Å². The molecule has 3 aromatic rings. The highest BCUT2D eigenvalue weighted by Crippen LogP contribution is 2.24. The van der Waals surface area contributed by atoms with Crippen LogP contribution in [0.3, 0.4) is 0 Å². The topological polar surface area (TPSA) is 54.0 Å². The molecule has 1 aromatic heterocycles. The van der Waals surface area contributed by atoms with Gasteiger partial charge in [0, 0.05) is 37.1 Å². The highest BCUT2D eigenvalue weighted by Gasteiger charge is 2.21. The van der Waals surface area contributed by atoms with Crippen LogP contribution in [0.5, 0.6) is 0 Å². The van der Waals surface area contributed by atoms with Crippen molar-refractivity contribution in [1.29, 1.82) is 0 Å². The first-order chi connectivity index (χ1) is 12.2. The molecule has 4 rings (SSSR count). The zero-order valence-corrected chi connectivity index (χ0v) is 14.3. The van der Waals surface area contributed by atoms with Crippen LogP contribution in [0.4, 0.5) is 0 Å². The average Bonchev–Trinajstić information content (AvgIpc) is 2.65. The molecular formula is C21H21N3O. The summed E-state index contributed by atoms with van der Waals surface area (Å²) in [5.41, 5.74) is 5.11. The third-order valence-electron chi connectivity index (χ3n) is 4.80. The number of hydrogen-bond acceptors (Lipinski definition) is 3. The second-order valence-electron chi connectivity index (χ2n) is 6.62. The Morgan fingerprint density at radius 3 is 3.04 bits per heavy atom. The fourth-order valence-corrected chi connectivity index (χ4v) is 3.59. The van der Waals surface area contributed by atoms with E-state index in [0.29, 0.717) is 12.1 Å². The number of hydrogen-bond donors (Lipinski definition) is 2. The lowest BCUT2D eigenvalue weighted by Crippen LogP contribution is -2.36. The zero-order chi connectivity index (χ0) is 17.2. The van der Waals surface area contributed by atoms with E-state index in [1.54, 1.807) is 6.20 Å². The number of aryl methyl sites for hydroxylation is 1. The molecule has 25 heavy (non-hydrogen) atoms. The van der Waals surface area contributed by atoms with Crippen LogP contribution in [0.25, 0.3) is 10.9 Å². The van der Waals surface area contributed by atoms with E-state index in [4.69, 9.17) is 0 Å². The molecule has 1 atom stereocenters. The van der Waals surface area contributed by atoms with Gasteiger partial charge in [-0.1, -0.05) is 30.3 Å². The fraction of sp³-hybridized carbons (Fsp3) is 0.238. The Hall–Kier alpha value is -2.72. The van der Waals surface area contributed by atoms with Gasteiger partial charge in [0.05, 0.1) is 11.1 Å². The van der Waals surface area contributed by atoms with Gasteiger partial charge < -0.3 is 10.6 Å². The molecule has 0 bridgehead atoms. The maximum absolute atomic E-state index is 12.8. The molecule has 2 heterocycles. The van der Waals surface area contributed by atoms with Gasteiger partial charge in [-0.15, -0.1) is 0 Å². The predicted molar refractivity (Wildman–Crippen MR) is 99.7 cm³/mol. The fourth-order valence-electron chi connectivity index (χ4n) is 3.59. The summed E-state index contributed by atoms with van der Waals surface area (Å²) in [5, 5.41) is 7.54. The molecule has 0 fully saturated rings. The molecular weight excluding hydrogens is 310 g/mol. The molecule has 4 nitrogen and oxygen atoms in total. The zero-order valence-electron chi connectivity index (χ0n) is 14.3. The summed E-state index contributed by atoms with van der Waals surface area (Å²) in [7, 11) is 0. The SMILES string of the molecule is Cc1cc(C(=O)NCC2CNCc3ccccc32)c2ncccc2c1. The minimum absolute atomic E-state index is 0.0598. The number of carbonyl (C=O) groups is 1. The summed E-state index contributed by atoms with van der Waals surface area (Å²) in [6, 6.07) is 16.3. The molecule has 0 aliphatic carbocycles. The van der Waals surface area contributed by atoms with Gasteiger partial charge in [-0.3, -0.25) is 9.78 Å².